The van der Waals surface area contributed by atoms with E-state index in [4.69, 9.17) is 45.6 Å². The normalized spacial score (nSPS) is 14.4. The maximum absolute atomic E-state index is 10.1. The van der Waals surface area contributed by atoms with E-state index in [9.17, 15) is 4.79 Å². The molecule has 0 aliphatic heterocycles. The summed E-state index contributed by atoms with van der Waals surface area (Å²) in [6.45, 7) is -0.843. The van der Waals surface area contributed by atoms with Gasteiger partial charge in [-0.25, -0.2) is 9.59 Å². The second-order valence-electron chi connectivity index (χ2n) is 2.80. The van der Waals surface area contributed by atoms with Crippen LogP contribution in [0.3, 0.4) is 0 Å². The molecule has 0 amide bonds. The number of carbonyl (C=O) groups is 2. The summed E-state index contributed by atoms with van der Waals surface area (Å²) in [5.41, 5.74) is 0. The summed E-state index contributed by atoms with van der Waals surface area (Å²) in [5, 5.41) is 65.8. The Morgan fingerprint density at radius 2 is 1.25 bits per heavy atom. The van der Waals surface area contributed by atoms with Gasteiger partial charge in [0, 0.05) is 19.5 Å². The van der Waals surface area contributed by atoms with Crippen molar-refractivity contribution in [3.63, 3.8) is 0 Å². The molecule has 114 valence electrons. The van der Waals surface area contributed by atoms with Crippen molar-refractivity contribution < 1.29 is 72.8 Å². The summed E-state index contributed by atoms with van der Waals surface area (Å²) in [4.78, 5) is 18.6. The molecule has 0 radical (unpaired) electrons. The van der Waals surface area contributed by atoms with Crippen molar-refractivity contribution in [3.05, 3.63) is 0 Å². The third-order valence-corrected chi connectivity index (χ3v) is 1.51. The third-order valence-electron chi connectivity index (χ3n) is 1.51. The van der Waals surface area contributed by atoms with E-state index in [2.05, 4.69) is 0 Å². The number of rotatable bonds is 5. The maximum Gasteiger partial charge on any atom is 2.00 e. The Kier molecular flexibility index (Phi) is 28.4. The minimum absolute atomic E-state index is 0. The molecule has 0 saturated heterocycles. The van der Waals surface area contributed by atoms with Crippen LogP contribution in [0, 0.1) is 0 Å². The van der Waals surface area contributed by atoms with Gasteiger partial charge in [-0.1, -0.05) is 0 Å². The van der Waals surface area contributed by atoms with Crippen molar-refractivity contribution in [2.45, 2.75) is 24.4 Å². The fourth-order valence-corrected chi connectivity index (χ4v) is 0.668. The Hall–Kier alpha value is 0.462. The van der Waals surface area contributed by atoms with Gasteiger partial charge in [-0.15, -0.1) is 0 Å². The molecule has 10 nitrogen and oxygen atoms in total. The van der Waals surface area contributed by atoms with Gasteiger partial charge >= 0.3 is 35.2 Å². The Bertz CT molecular complexity index is 263. The first-order valence-electron chi connectivity index (χ1n) is 4.13. The zero-order valence-corrected chi connectivity index (χ0v) is 14.2. The molecule has 0 aromatic heterocycles. The van der Waals surface area contributed by atoms with Gasteiger partial charge in [0.25, 0.3) is 0 Å². The molecule has 4 unspecified atom stereocenters. The SMILES string of the molecule is O=C(O)C(O)C(O)C(O)C(O)CO.O=C(O)O.[AlH3].[H-].[H-].[Mg+2].[Zn]. The summed E-state index contributed by atoms with van der Waals surface area (Å²) in [7, 11) is 0. The van der Waals surface area contributed by atoms with Gasteiger partial charge in [-0.05, 0) is 0 Å². The van der Waals surface area contributed by atoms with Gasteiger partial charge < -0.3 is 43.7 Å². The second kappa shape index (κ2) is 17.5. The Balaban J connectivity index is -0.0000000450. The number of carboxylic acid groups (broad SMARTS) is 3. The molecule has 13 heteroatoms. The first-order chi connectivity index (χ1) is 7.64. The molecule has 0 heterocycles. The van der Waals surface area contributed by atoms with Gasteiger partial charge in [0.2, 0.25) is 0 Å². The molecule has 0 spiro atoms. The first-order valence-corrected chi connectivity index (χ1v) is 4.13. The predicted octanol–water partition coefficient (Wildman–Crippen LogP) is -4.61. The maximum atomic E-state index is 10.1. The monoisotopic (exact) mass is 378 g/mol. The van der Waals surface area contributed by atoms with Crippen molar-refractivity contribution in [2.24, 2.45) is 0 Å². The third kappa shape index (κ3) is 16.5. The van der Waals surface area contributed by atoms with E-state index in [1.165, 1.54) is 0 Å². The summed E-state index contributed by atoms with van der Waals surface area (Å²) in [6.07, 6.45) is -9.67. The number of aliphatic hydroxyl groups excluding tert-OH is 5. The molecular formula is C7H19AlMgO10Zn. The average molecular weight is 380 g/mol. The van der Waals surface area contributed by atoms with Crippen LogP contribution < -0.4 is 0 Å². The van der Waals surface area contributed by atoms with E-state index in [1.54, 1.807) is 0 Å². The van der Waals surface area contributed by atoms with E-state index in [1.807, 2.05) is 0 Å². The van der Waals surface area contributed by atoms with E-state index < -0.39 is 43.1 Å². The van der Waals surface area contributed by atoms with Crippen molar-refractivity contribution in [1.82, 2.24) is 0 Å². The molecule has 0 fully saturated rings. The molecule has 0 aromatic rings. The molecule has 20 heavy (non-hydrogen) atoms. The number of aliphatic carboxylic acids is 1. The van der Waals surface area contributed by atoms with Crippen molar-refractivity contribution >= 4 is 52.5 Å². The summed E-state index contributed by atoms with van der Waals surface area (Å²) in [5.74, 6) is -1.73. The Labute approximate surface area is 156 Å². The summed E-state index contributed by atoms with van der Waals surface area (Å²) in [6, 6.07) is 0. The van der Waals surface area contributed by atoms with Gasteiger partial charge in [0.1, 0.15) is 18.3 Å². The van der Waals surface area contributed by atoms with E-state index in [0.29, 0.717) is 0 Å². The van der Waals surface area contributed by atoms with Crippen LogP contribution in [0.5, 0.6) is 0 Å². The molecule has 8 N–H and O–H groups in total. The van der Waals surface area contributed by atoms with Crippen LogP contribution in [0.25, 0.3) is 0 Å². The van der Waals surface area contributed by atoms with Crippen LogP contribution in [0.4, 0.5) is 4.79 Å². The minimum Gasteiger partial charge on any atom is -1.00 e. The van der Waals surface area contributed by atoms with Crippen LogP contribution in [-0.2, 0) is 24.3 Å². The summed E-state index contributed by atoms with van der Waals surface area (Å²) >= 11 is 0. The predicted molar refractivity (Wildman–Crippen MR) is 67.3 cm³/mol. The van der Waals surface area contributed by atoms with Gasteiger partial charge in [-0.3, -0.25) is 0 Å². The molecule has 0 bridgehead atoms. The first kappa shape index (κ1) is 32.4. The molecule has 0 aliphatic carbocycles. The fraction of sp³-hybridized carbons (Fsp3) is 0.714. The number of aliphatic hydroxyl groups is 5. The van der Waals surface area contributed by atoms with Crippen LogP contribution in [0.1, 0.15) is 2.85 Å². The van der Waals surface area contributed by atoms with Gasteiger partial charge in [0.15, 0.2) is 23.5 Å². The topological polar surface area (TPSA) is 196 Å². The van der Waals surface area contributed by atoms with Crippen LogP contribution in [0.2, 0.25) is 0 Å². The molecular weight excluding hydrogens is 361 g/mol. The number of carboxylic acids is 1. The second-order valence-corrected chi connectivity index (χ2v) is 2.80. The van der Waals surface area contributed by atoms with Gasteiger partial charge in [-0.2, -0.15) is 0 Å². The van der Waals surface area contributed by atoms with Crippen LogP contribution >= 0.6 is 0 Å². The van der Waals surface area contributed by atoms with E-state index in [0.717, 1.165) is 0 Å². The molecule has 0 saturated carbocycles. The summed E-state index contributed by atoms with van der Waals surface area (Å²) < 4.78 is 0. The molecule has 0 aromatic carbocycles. The van der Waals surface area contributed by atoms with Crippen molar-refractivity contribution in [3.8, 4) is 0 Å². The minimum atomic E-state index is -2.20. The number of hydrogen-bond acceptors (Lipinski definition) is 7. The van der Waals surface area contributed by atoms with Crippen LogP contribution in [-0.4, -0.2) is 124 Å². The quantitative estimate of drug-likeness (QED) is 0.215. The van der Waals surface area contributed by atoms with E-state index >= 15 is 0 Å². The Morgan fingerprint density at radius 3 is 1.45 bits per heavy atom. The standard InChI is InChI=1S/C6H12O7.CH2O3.Al.Mg.Zn.5H/c7-1-2(8)3(9)4(10)5(11)6(12)13;2-1(3)4;;;;;;;;/h2-5,7-11H,1H2,(H,12,13);(H2,2,3,4);;;;;;;;/q;;;+2;;;;;2*-1. The Morgan fingerprint density at radius 1 is 0.950 bits per heavy atom. The zero-order valence-electron chi connectivity index (χ0n) is 11.8. The van der Waals surface area contributed by atoms with Crippen molar-refractivity contribution in [1.29, 1.82) is 0 Å². The average Bonchev–Trinajstić information content (AvgIpc) is 2.23. The molecule has 0 aliphatic rings. The molecule has 0 rings (SSSR count). The smallest absolute Gasteiger partial charge is 1.00 e. The van der Waals surface area contributed by atoms with E-state index in [-0.39, 0.29) is 62.7 Å². The molecule has 4 atom stereocenters. The zero-order chi connectivity index (χ0) is 14.2. The van der Waals surface area contributed by atoms with Crippen molar-refractivity contribution in [2.75, 3.05) is 6.61 Å². The van der Waals surface area contributed by atoms with Crippen LogP contribution in [0.15, 0.2) is 0 Å². The number of hydrogen-bond donors (Lipinski definition) is 8. The largest absolute Gasteiger partial charge is 2.00 e. The fourth-order valence-electron chi connectivity index (χ4n) is 0.668. The van der Waals surface area contributed by atoms with Gasteiger partial charge in [0.05, 0.1) is 6.61 Å².